The maximum Gasteiger partial charge on any atom is 0.329 e. The minimum atomic E-state index is -1.10. The lowest BCUT2D eigenvalue weighted by Gasteiger charge is -2.56. The summed E-state index contributed by atoms with van der Waals surface area (Å²) in [7, 11) is 0. The number of amides is 2. The van der Waals surface area contributed by atoms with Crippen molar-refractivity contribution in [3.05, 3.63) is 17.0 Å². The molecule has 2 heterocycles. The highest BCUT2D eigenvalue weighted by molar-refractivity contribution is 7.14. The van der Waals surface area contributed by atoms with Gasteiger partial charge in [-0.3, -0.25) is 9.59 Å². The number of thiophene rings is 1. The molecule has 176 valence electrons. The van der Waals surface area contributed by atoms with E-state index in [1.54, 1.807) is 11.4 Å². The maximum absolute atomic E-state index is 13.8. The predicted molar refractivity (Wildman–Crippen MR) is 120 cm³/mol. The number of β-amino-alcohol motifs (C(OH)–C–C–N with tert-alkyl or cyclic N) is 1. The summed E-state index contributed by atoms with van der Waals surface area (Å²) in [6, 6.07) is 2.72. The van der Waals surface area contributed by atoms with Crippen molar-refractivity contribution >= 4 is 34.1 Å². The standard InChI is InChI=1S/C24H29N3O5S/c1-13(20(29)26-21-17(11-25)2-3-33-21)32-22(30)19-7-18(28)12-27(19)23(31)24-8-14-4-15(9-24)6-16(5-14)10-24/h2-3,13-16,18-19,28H,4-10,12H2,1H3,(H,26,29)/t13-,14?,15?,16?,18-,19+,24?/m1/s1. The van der Waals surface area contributed by atoms with Gasteiger partial charge in [-0.15, -0.1) is 11.3 Å². The van der Waals surface area contributed by atoms with Gasteiger partial charge in [0.25, 0.3) is 5.91 Å². The summed E-state index contributed by atoms with van der Waals surface area (Å²) in [5.41, 5.74) is -0.0640. The number of aliphatic hydroxyl groups excluding tert-OH is 1. The van der Waals surface area contributed by atoms with Crippen molar-refractivity contribution in [2.45, 2.75) is 70.1 Å². The van der Waals surface area contributed by atoms with Crippen molar-refractivity contribution in [2.24, 2.45) is 23.2 Å². The van der Waals surface area contributed by atoms with E-state index < -0.39 is 35.5 Å². The number of ether oxygens (including phenoxy) is 1. The van der Waals surface area contributed by atoms with Gasteiger partial charge in [-0.25, -0.2) is 4.79 Å². The summed E-state index contributed by atoms with van der Waals surface area (Å²) in [6.45, 7) is 1.59. The molecule has 33 heavy (non-hydrogen) atoms. The average Bonchev–Trinajstić information content (AvgIpc) is 3.38. The molecule has 0 aromatic carbocycles. The van der Waals surface area contributed by atoms with Crippen LogP contribution >= 0.6 is 11.3 Å². The number of nitrogens with zero attached hydrogens (tertiary/aromatic N) is 2. The second-order valence-electron chi connectivity index (χ2n) is 10.4. The summed E-state index contributed by atoms with van der Waals surface area (Å²) < 4.78 is 5.43. The highest BCUT2D eigenvalue weighted by Crippen LogP contribution is 2.60. The van der Waals surface area contributed by atoms with Crippen LogP contribution in [-0.4, -0.2) is 52.6 Å². The number of esters is 1. The minimum Gasteiger partial charge on any atom is -0.451 e. The number of anilines is 1. The van der Waals surface area contributed by atoms with Crippen molar-refractivity contribution in [2.75, 3.05) is 11.9 Å². The second kappa shape index (κ2) is 8.41. The first-order valence-electron chi connectivity index (χ1n) is 11.8. The van der Waals surface area contributed by atoms with Crippen LogP contribution in [0.2, 0.25) is 0 Å². The van der Waals surface area contributed by atoms with Crippen LogP contribution in [-0.2, 0) is 19.1 Å². The van der Waals surface area contributed by atoms with Crippen molar-refractivity contribution < 1.29 is 24.2 Å². The van der Waals surface area contributed by atoms with E-state index in [9.17, 15) is 19.5 Å². The number of nitrogens with one attached hydrogen (secondary N) is 1. The summed E-state index contributed by atoms with van der Waals surface area (Å²) in [5.74, 6) is 0.556. The Kier molecular flexibility index (Phi) is 5.69. The molecule has 4 saturated carbocycles. The zero-order valence-corrected chi connectivity index (χ0v) is 19.5. The molecule has 3 atom stereocenters. The van der Waals surface area contributed by atoms with Gasteiger partial charge < -0.3 is 20.1 Å². The van der Waals surface area contributed by atoms with E-state index in [0.29, 0.717) is 28.3 Å². The monoisotopic (exact) mass is 471 g/mol. The Balaban J connectivity index is 1.26. The highest BCUT2D eigenvalue weighted by Gasteiger charge is 2.57. The van der Waals surface area contributed by atoms with Crippen molar-refractivity contribution in [3.63, 3.8) is 0 Å². The number of nitriles is 1. The second-order valence-corrected chi connectivity index (χ2v) is 11.3. The molecule has 4 aliphatic carbocycles. The van der Waals surface area contributed by atoms with Gasteiger partial charge in [0.2, 0.25) is 5.91 Å². The van der Waals surface area contributed by atoms with Crippen LogP contribution in [0.4, 0.5) is 5.00 Å². The number of hydrogen-bond donors (Lipinski definition) is 2. The number of likely N-dealkylation sites (tertiary alicyclic amines) is 1. The lowest BCUT2D eigenvalue weighted by Crippen LogP contribution is -2.56. The van der Waals surface area contributed by atoms with Crippen molar-refractivity contribution in [1.82, 2.24) is 4.90 Å². The van der Waals surface area contributed by atoms with E-state index in [2.05, 4.69) is 5.32 Å². The average molecular weight is 472 g/mol. The van der Waals surface area contributed by atoms with Crippen LogP contribution < -0.4 is 5.32 Å². The lowest BCUT2D eigenvalue weighted by atomic mass is 9.49. The molecule has 9 heteroatoms. The molecule has 1 saturated heterocycles. The van der Waals surface area contributed by atoms with Gasteiger partial charge >= 0.3 is 5.97 Å². The minimum absolute atomic E-state index is 0.0190. The first kappa shape index (κ1) is 22.4. The lowest BCUT2D eigenvalue weighted by molar-refractivity contribution is -0.168. The Hall–Kier alpha value is -2.44. The van der Waals surface area contributed by atoms with Crippen LogP contribution in [0.1, 0.15) is 57.4 Å². The topological polar surface area (TPSA) is 120 Å². The molecular weight excluding hydrogens is 442 g/mol. The van der Waals surface area contributed by atoms with Gasteiger partial charge in [-0.05, 0) is 74.6 Å². The zero-order chi connectivity index (χ0) is 23.3. The number of carbonyl (C=O) groups is 3. The Bertz CT molecular complexity index is 979. The van der Waals surface area contributed by atoms with E-state index in [-0.39, 0.29) is 18.9 Å². The molecule has 0 spiro atoms. The van der Waals surface area contributed by atoms with E-state index in [1.165, 1.54) is 42.4 Å². The third-order valence-corrected chi connectivity index (χ3v) is 8.82. The molecule has 4 bridgehead atoms. The van der Waals surface area contributed by atoms with Crippen molar-refractivity contribution in [1.29, 1.82) is 5.26 Å². The maximum atomic E-state index is 13.8. The third-order valence-electron chi connectivity index (χ3n) is 7.99. The SMILES string of the molecule is C[C@@H](OC(=O)[C@@H]1C[C@@H](O)CN1C(=O)C12CC3CC(CC(C3)C1)C2)C(=O)Nc1sccc1C#N. The molecule has 0 radical (unpaired) electrons. The molecule has 8 nitrogen and oxygen atoms in total. The first-order valence-corrected chi connectivity index (χ1v) is 12.6. The summed E-state index contributed by atoms with van der Waals surface area (Å²) >= 11 is 1.21. The smallest absolute Gasteiger partial charge is 0.329 e. The molecule has 6 rings (SSSR count). The molecule has 0 unspecified atom stereocenters. The Morgan fingerprint density at radius 2 is 1.85 bits per heavy atom. The van der Waals surface area contributed by atoms with Crippen LogP contribution in [0.3, 0.4) is 0 Å². The molecule has 2 N–H and O–H groups in total. The van der Waals surface area contributed by atoms with Crippen LogP contribution in [0.25, 0.3) is 0 Å². The van der Waals surface area contributed by atoms with Crippen LogP contribution in [0, 0.1) is 34.5 Å². The van der Waals surface area contributed by atoms with Gasteiger partial charge in [0.15, 0.2) is 6.10 Å². The van der Waals surface area contributed by atoms with Gasteiger partial charge in [0.05, 0.1) is 17.1 Å². The highest BCUT2D eigenvalue weighted by atomic mass is 32.1. The van der Waals surface area contributed by atoms with Gasteiger partial charge in [-0.2, -0.15) is 5.26 Å². The van der Waals surface area contributed by atoms with E-state index in [1.807, 2.05) is 6.07 Å². The van der Waals surface area contributed by atoms with E-state index in [0.717, 1.165) is 19.3 Å². The number of aliphatic hydroxyl groups is 1. The third kappa shape index (κ3) is 4.04. The molecule has 5 fully saturated rings. The Labute approximate surface area is 196 Å². The Morgan fingerprint density at radius 1 is 1.21 bits per heavy atom. The molecule has 5 aliphatic rings. The summed E-state index contributed by atoms with van der Waals surface area (Å²) in [5, 5.41) is 24.1. The first-order chi connectivity index (χ1) is 15.8. The zero-order valence-electron chi connectivity index (χ0n) is 18.7. The molecular formula is C24H29N3O5S. The van der Waals surface area contributed by atoms with Gasteiger partial charge in [0.1, 0.15) is 17.1 Å². The fourth-order valence-corrected chi connectivity index (χ4v) is 7.69. The predicted octanol–water partition coefficient (Wildman–Crippen LogP) is 2.67. The number of hydrogen-bond acceptors (Lipinski definition) is 7. The molecule has 1 aromatic heterocycles. The molecule has 1 aliphatic heterocycles. The fraction of sp³-hybridized carbons (Fsp3) is 0.667. The fourth-order valence-electron chi connectivity index (χ4n) is 6.95. The summed E-state index contributed by atoms with van der Waals surface area (Å²) in [4.78, 5) is 40.8. The van der Waals surface area contributed by atoms with Crippen molar-refractivity contribution in [3.8, 4) is 6.07 Å². The largest absolute Gasteiger partial charge is 0.451 e. The number of rotatable bonds is 5. The van der Waals surface area contributed by atoms with Crippen LogP contribution in [0.5, 0.6) is 0 Å². The number of carbonyl (C=O) groups excluding carboxylic acids is 3. The van der Waals surface area contributed by atoms with E-state index >= 15 is 0 Å². The van der Waals surface area contributed by atoms with Gasteiger partial charge in [0, 0.05) is 13.0 Å². The quantitative estimate of drug-likeness (QED) is 0.637. The van der Waals surface area contributed by atoms with Crippen LogP contribution in [0.15, 0.2) is 11.4 Å². The summed E-state index contributed by atoms with van der Waals surface area (Å²) in [6.07, 6.45) is 4.53. The normalized spacial score (nSPS) is 35.2. The van der Waals surface area contributed by atoms with E-state index in [4.69, 9.17) is 10.00 Å². The Morgan fingerprint density at radius 3 is 2.45 bits per heavy atom. The molecule has 1 aromatic rings. The van der Waals surface area contributed by atoms with Gasteiger partial charge in [-0.1, -0.05) is 0 Å². The molecule has 2 amide bonds.